The van der Waals surface area contributed by atoms with Gasteiger partial charge in [-0.25, -0.2) is 4.79 Å². The number of benzene rings is 1. The predicted molar refractivity (Wildman–Crippen MR) is 93.0 cm³/mol. The van der Waals surface area contributed by atoms with E-state index in [-0.39, 0.29) is 24.4 Å². The molecule has 7 nitrogen and oxygen atoms in total. The Morgan fingerprint density at radius 2 is 1.54 bits per heavy atom. The second-order valence-corrected chi connectivity index (χ2v) is 6.27. The number of hydrogen-bond acceptors (Lipinski definition) is 3. The van der Waals surface area contributed by atoms with Crippen molar-refractivity contribution in [2.24, 2.45) is 11.8 Å². The van der Waals surface area contributed by atoms with Gasteiger partial charge in [0.1, 0.15) is 0 Å². The van der Waals surface area contributed by atoms with Gasteiger partial charge in [0.25, 0.3) is 0 Å². The zero-order valence-electron chi connectivity index (χ0n) is 14.5. The Morgan fingerprint density at radius 1 is 1.04 bits per heavy atom. The highest BCUT2D eigenvalue weighted by atomic mass is 16.4. The van der Waals surface area contributed by atoms with Crippen LogP contribution in [0.5, 0.6) is 0 Å². The van der Waals surface area contributed by atoms with E-state index in [0.29, 0.717) is 17.8 Å². The highest BCUT2D eigenvalue weighted by Gasteiger charge is 2.17. The second kappa shape index (κ2) is 8.90. The van der Waals surface area contributed by atoms with Gasteiger partial charge in [0.05, 0.1) is 5.92 Å². The minimum atomic E-state index is -0.948. The lowest BCUT2D eigenvalue weighted by Gasteiger charge is -2.20. The first kappa shape index (κ1) is 19.5. The molecular formula is C17H25N3O4. The number of carboxylic acid groups (broad SMARTS) is 1. The predicted octanol–water partition coefficient (Wildman–Crippen LogP) is 2.86. The normalized spacial score (nSPS) is 11.7. The standard InChI is InChI=1S/C17H25N3O4/c1-11(2)9-15(21)18-13-5-7-14(8-6-13)19-17(24)20(4)10-12(3)16(22)23/h5-8,11-12H,9-10H2,1-4H3,(H,18,21)(H,19,24)(H,22,23). The van der Waals surface area contributed by atoms with Crippen molar-refractivity contribution in [1.82, 2.24) is 4.90 Å². The molecule has 0 aromatic heterocycles. The minimum absolute atomic E-state index is 0.0517. The summed E-state index contributed by atoms with van der Waals surface area (Å²) in [7, 11) is 1.54. The van der Waals surface area contributed by atoms with Crippen LogP contribution < -0.4 is 10.6 Å². The average Bonchev–Trinajstić information content (AvgIpc) is 2.48. The molecule has 0 aliphatic heterocycles. The topological polar surface area (TPSA) is 98.7 Å². The lowest BCUT2D eigenvalue weighted by atomic mass is 10.1. The zero-order chi connectivity index (χ0) is 18.3. The first-order valence-corrected chi connectivity index (χ1v) is 7.84. The molecule has 1 aromatic carbocycles. The first-order chi connectivity index (χ1) is 11.2. The number of nitrogens with zero attached hydrogens (tertiary/aromatic N) is 1. The SMILES string of the molecule is CC(C)CC(=O)Nc1ccc(NC(=O)N(C)CC(C)C(=O)O)cc1. The monoisotopic (exact) mass is 335 g/mol. The van der Waals surface area contributed by atoms with Gasteiger partial charge in [0, 0.05) is 31.4 Å². The van der Waals surface area contributed by atoms with Gasteiger partial charge in [0.15, 0.2) is 0 Å². The van der Waals surface area contributed by atoms with Crippen LogP contribution in [0.15, 0.2) is 24.3 Å². The van der Waals surface area contributed by atoms with E-state index >= 15 is 0 Å². The van der Waals surface area contributed by atoms with Crippen molar-refractivity contribution < 1.29 is 19.5 Å². The van der Waals surface area contributed by atoms with Crippen LogP contribution in [0, 0.1) is 11.8 Å². The Kier molecular flexibility index (Phi) is 7.23. The van der Waals surface area contributed by atoms with Crippen molar-refractivity contribution in [3.05, 3.63) is 24.3 Å². The molecule has 24 heavy (non-hydrogen) atoms. The van der Waals surface area contributed by atoms with Crippen molar-refractivity contribution in [2.75, 3.05) is 24.2 Å². The Labute approximate surface area is 142 Å². The van der Waals surface area contributed by atoms with Crippen LogP contribution in [0.25, 0.3) is 0 Å². The number of carboxylic acids is 1. The van der Waals surface area contributed by atoms with Gasteiger partial charge in [-0.05, 0) is 30.2 Å². The second-order valence-electron chi connectivity index (χ2n) is 6.27. The van der Waals surface area contributed by atoms with Crippen molar-refractivity contribution in [1.29, 1.82) is 0 Å². The van der Waals surface area contributed by atoms with Crippen LogP contribution in [-0.2, 0) is 9.59 Å². The summed E-state index contributed by atoms with van der Waals surface area (Å²) in [5, 5.41) is 14.3. The number of anilines is 2. The highest BCUT2D eigenvalue weighted by molar-refractivity contribution is 5.92. The van der Waals surface area contributed by atoms with E-state index in [1.54, 1.807) is 31.2 Å². The van der Waals surface area contributed by atoms with E-state index in [0.717, 1.165) is 0 Å². The molecule has 3 N–H and O–H groups in total. The maximum atomic E-state index is 12.0. The van der Waals surface area contributed by atoms with Gasteiger partial charge < -0.3 is 20.6 Å². The van der Waals surface area contributed by atoms with Crippen molar-refractivity contribution in [3.63, 3.8) is 0 Å². The fourth-order valence-electron chi connectivity index (χ4n) is 2.01. The summed E-state index contributed by atoms with van der Waals surface area (Å²) in [6.45, 7) is 5.60. The lowest BCUT2D eigenvalue weighted by molar-refractivity contribution is -0.141. The zero-order valence-corrected chi connectivity index (χ0v) is 14.5. The molecule has 1 aromatic rings. The molecule has 1 atom stereocenters. The summed E-state index contributed by atoms with van der Waals surface area (Å²) < 4.78 is 0. The van der Waals surface area contributed by atoms with E-state index in [1.807, 2.05) is 13.8 Å². The molecule has 132 valence electrons. The Bertz CT molecular complexity index is 584. The first-order valence-electron chi connectivity index (χ1n) is 7.84. The van der Waals surface area contributed by atoms with E-state index in [1.165, 1.54) is 11.9 Å². The molecule has 0 heterocycles. The molecule has 7 heteroatoms. The van der Waals surface area contributed by atoms with Crippen LogP contribution in [0.4, 0.5) is 16.2 Å². The third-order valence-corrected chi connectivity index (χ3v) is 3.33. The summed E-state index contributed by atoms with van der Waals surface area (Å²) in [5.74, 6) is -1.35. The molecule has 0 aliphatic carbocycles. The van der Waals surface area contributed by atoms with Crippen LogP contribution in [0.1, 0.15) is 27.2 Å². The number of aliphatic carboxylic acids is 1. The lowest BCUT2D eigenvalue weighted by Crippen LogP contribution is -2.36. The summed E-state index contributed by atoms with van der Waals surface area (Å²) in [4.78, 5) is 35.8. The number of carbonyl (C=O) groups is 3. The van der Waals surface area contributed by atoms with Crippen LogP contribution in [-0.4, -0.2) is 41.5 Å². The molecule has 0 saturated heterocycles. The molecule has 0 fully saturated rings. The summed E-state index contributed by atoms with van der Waals surface area (Å²) >= 11 is 0. The third-order valence-electron chi connectivity index (χ3n) is 3.33. The fraction of sp³-hybridized carbons (Fsp3) is 0.471. The van der Waals surface area contributed by atoms with Gasteiger partial charge >= 0.3 is 12.0 Å². The number of rotatable bonds is 7. The maximum Gasteiger partial charge on any atom is 0.321 e. The molecule has 0 spiro atoms. The molecule has 3 amide bonds. The number of urea groups is 1. The van der Waals surface area contributed by atoms with Crippen molar-refractivity contribution in [3.8, 4) is 0 Å². The Balaban J connectivity index is 2.55. The fourth-order valence-corrected chi connectivity index (χ4v) is 2.01. The average molecular weight is 335 g/mol. The maximum absolute atomic E-state index is 12.0. The number of nitrogens with one attached hydrogen (secondary N) is 2. The van der Waals surface area contributed by atoms with E-state index in [2.05, 4.69) is 10.6 Å². The van der Waals surface area contributed by atoms with Gasteiger partial charge in [-0.2, -0.15) is 0 Å². The van der Waals surface area contributed by atoms with Crippen LogP contribution >= 0.6 is 0 Å². The van der Waals surface area contributed by atoms with E-state index in [4.69, 9.17) is 5.11 Å². The van der Waals surface area contributed by atoms with Crippen molar-refractivity contribution in [2.45, 2.75) is 27.2 Å². The summed E-state index contributed by atoms with van der Waals surface area (Å²) in [6, 6.07) is 6.37. The van der Waals surface area contributed by atoms with Crippen LogP contribution in [0.3, 0.4) is 0 Å². The van der Waals surface area contributed by atoms with Gasteiger partial charge in [0.2, 0.25) is 5.91 Å². The van der Waals surface area contributed by atoms with Crippen LogP contribution in [0.2, 0.25) is 0 Å². The largest absolute Gasteiger partial charge is 0.481 e. The quantitative estimate of drug-likeness (QED) is 0.713. The van der Waals surface area contributed by atoms with Crippen molar-refractivity contribution >= 4 is 29.3 Å². The van der Waals surface area contributed by atoms with Gasteiger partial charge in [-0.1, -0.05) is 20.8 Å². The molecule has 0 radical (unpaired) electrons. The Hall–Kier alpha value is -2.57. The molecular weight excluding hydrogens is 310 g/mol. The summed E-state index contributed by atoms with van der Waals surface area (Å²) in [6.07, 6.45) is 0.449. The molecule has 1 unspecified atom stereocenters. The van der Waals surface area contributed by atoms with E-state index < -0.39 is 11.9 Å². The minimum Gasteiger partial charge on any atom is -0.481 e. The molecule has 0 aliphatic rings. The van der Waals surface area contributed by atoms with E-state index in [9.17, 15) is 14.4 Å². The van der Waals surface area contributed by atoms with Gasteiger partial charge in [-0.15, -0.1) is 0 Å². The molecule has 1 rings (SSSR count). The third kappa shape index (κ3) is 6.68. The molecule has 0 saturated carbocycles. The number of carbonyl (C=O) groups excluding carboxylic acids is 2. The number of hydrogen-bond donors (Lipinski definition) is 3. The summed E-state index contributed by atoms with van der Waals surface area (Å²) in [5.41, 5.74) is 1.23. The highest BCUT2D eigenvalue weighted by Crippen LogP contribution is 2.15. The Morgan fingerprint density at radius 3 is 2.00 bits per heavy atom. The van der Waals surface area contributed by atoms with Gasteiger partial charge in [-0.3, -0.25) is 9.59 Å². The number of amides is 3. The smallest absolute Gasteiger partial charge is 0.321 e. The molecule has 0 bridgehead atoms.